The average Bonchev–Trinajstić information content (AvgIpc) is 3.05. The van der Waals surface area contributed by atoms with E-state index in [0.29, 0.717) is 0 Å². The Labute approximate surface area is 160 Å². The van der Waals surface area contributed by atoms with Crippen LogP contribution in [-0.2, 0) is 17.7 Å². The zero-order valence-corrected chi connectivity index (χ0v) is 16.1. The number of likely N-dealkylation sites (tertiary alicyclic amines) is 1. The van der Waals surface area contributed by atoms with Gasteiger partial charge in [-0.1, -0.05) is 35.9 Å². The van der Waals surface area contributed by atoms with Crippen LogP contribution < -0.4 is 0 Å². The van der Waals surface area contributed by atoms with Gasteiger partial charge in [0.05, 0.1) is 6.61 Å². The van der Waals surface area contributed by atoms with Gasteiger partial charge in [-0.2, -0.15) is 0 Å². The molecular weight excluding hydrogens is 349 g/mol. The fourth-order valence-corrected chi connectivity index (χ4v) is 3.91. The first-order valence-electron chi connectivity index (χ1n) is 9.38. The van der Waals surface area contributed by atoms with Gasteiger partial charge in [0.15, 0.2) is 0 Å². The maximum absolute atomic E-state index is 13.1. The van der Waals surface area contributed by atoms with E-state index in [9.17, 15) is 4.39 Å². The zero-order chi connectivity index (χ0) is 18.4. The van der Waals surface area contributed by atoms with E-state index in [0.717, 1.165) is 57.1 Å². The van der Waals surface area contributed by atoms with Crippen molar-refractivity contribution in [2.24, 2.45) is 5.41 Å². The summed E-state index contributed by atoms with van der Waals surface area (Å²) < 4.78 is 19.0. The van der Waals surface area contributed by atoms with Crippen LogP contribution in [0.25, 0.3) is 0 Å². The number of rotatable bonds is 8. The highest BCUT2D eigenvalue weighted by molar-refractivity contribution is 6.30. The number of hydrogen-bond donors (Lipinski definition) is 0. The number of nitrogens with zero attached hydrogens (tertiary/aromatic N) is 1. The van der Waals surface area contributed by atoms with E-state index in [1.807, 2.05) is 31.2 Å². The van der Waals surface area contributed by atoms with Crippen molar-refractivity contribution in [3.63, 3.8) is 0 Å². The Morgan fingerprint density at radius 1 is 1.08 bits per heavy atom. The molecule has 2 aromatic carbocycles. The molecule has 140 valence electrons. The summed E-state index contributed by atoms with van der Waals surface area (Å²) in [6, 6.07) is 15.0. The van der Waals surface area contributed by atoms with E-state index in [2.05, 4.69) is 17.0 Å². The molecule has 0 amide bonds. The van der Waals surface area contributed by atoms with Crippen LogP contribution in [-0.4, -0.2) is 31.2 Å². The monoisotopic (exact) mass is 375 g/mol. The van der Waals surface area contributed by atoms with Gasteiger partial charge in [-0.3, -0.25) is 4.90 Å². The molecule has 1 aliphatic heterocycles. The Balaban J connectivity index is 1.61. The third-order valence-electron chi connectivity index (χ3n) is 5.31. The van der Waals surface area contributed by atoms with Crippen LogP contribution >= 0.6 is 11.6 Å². The minimum absolute atomic E-state index is 0.173. The van der Waals surface area contributed by atoms with Crippen molar-refractivity contribution in [2.75, 3.05) is 26.3 Å². The third-order valence-corrected chi connectivity index (χ3v) is 5.56. The van der Waals surface area contributed by atoms with Gasteiger partial charge in [0.1, 0.15) is 5.82 Å². The van der Waals surface area contributed by atoms with Crippen LogP contribution in [0.15, 0.2) is 48.5 Å². The highest BCUT2D eigenvalue weighted by Gasteiger charge is 2.37. The first-order chi connectivity index (χ1) is 12.6. The highest BCUT2D eigenvalue weighted by atomic mass is 35.5. The van der Waals surface area contributed by atoms with E-state index < -0.39 is 0 Å². The predicted molar refractivity (Wildman–Crippen MR) is 105 cm³/mol. The summed E-state index contributed by atoms with van der Waals surface area (Å²) in [6.45, 7) is 6.66. The first kappa shape index (κ1) is 19.3. The standard InChI is InChI=1S/C22H27ClFNO/c1-2-26-17-22(12-11-18-5-9-21(24)10-6-18)13-14-25(16-22)15-19-3-7-20(23)8-4-19/h3-10H,2,11-17H2,1H3. The van der Waals surface area contributed by atoms with Crippen LogP contribution in [0.4, 0.5) is 4.39 Å². The summed E-state index contributed by atoms with van der Waals surface area (Å²) in [7, 11) is 0. The Morgan fingerprint density at radius 2 is 1.77 bits per heavy atom. The Morgan fingerprint density at radius 3 is 2.46 bits per heavy atom. The molecule has 1 heterocycles. The van der Waals surface area contributed by atoms with Crippen LogP contribution in [0, 0.1) is 11.2 Å². The summed E-state index contributed by atoms with van der Waals surface area (Å²) in [4.78, 5) is 2.51. The molecule has 1 saturated heterocycles. The van der Waals surface area contributed by atoms with E-state index in [1.165, 1.54) is 11.1 Å². The lowest BCUT2D eigenvalue weighted by Crippen LogP contribution is -2.32. The predicted octanol–water partition coefficient (Wildman–Crippen LogP) is 5.34. The van der Waals surface area contributed by atoms with Crippen LogP contribution in [0.2, 0.25) is 5.02 Å². The van der Waals surface area contributed by atoms with Crippen molar-refractivity contribution in [2.45, 2.75) is 32.7 Å². The van der Waals surface area contributed by atoms with Crippen molar-refractivity contribution < 1.29 is 9.13 Å². The molecule has 0 saturated carbocycles. The van der Waals surface area contributed by atoms with E-state index in [4.69, 9.17) is 16.3 Å². The summed E-state index contributed by atoms with van der Waals surface area (Å²) in [6.07, 6.45) is 3.17. The molecule has 1 atom stereocenters. The molecular formula is C22H27ClFNO. The summed E-state index contributed by atoms with van der Waals surface area (Å²) >= 11 is 5.99. The van der Waals surface area contributed by atoms with E-state index >= 15 is 0 Å². The molecule has 0 radical (unpaired) electrons. The summed E-state index contributed by atoms with van der Waals surface area (Å²) in [5.41, 5.74) is 2.66. The lowest BCUT2D eigenvalue weighted by molar-refractivity contribution is 0.0489. The van der Waals surface area contributed by atoms with E-state index in [-0.39, 0.29) is 11.2 Å². The topological polar surface area (TPSA) is 12.5 Å². The molecule has 0 bridgehead atoms. The second-order valence-electron chi connectivity index (χ2n) is 7.35. The second-order valence-corrected chi connectivity index (χ2v) is 7.79. The molecule has 3 rings (SSSR count). The minimum Gasteiger partial charge on any atom is -0.381 e. The summed E-state index contributed by atoms with van der Waals surface area (Å²) in [5.74, 6) is -0.173. The van der Waals surface area contributed by atoms with Crippen molar-refractivity contribution in [3.05, 3.63) is 70.5 Å². The van der Waals surface area contributed by atoms with Gasteiger partial charge in [0.25, 0.3) is 0 Å². The number of halogens is 2. The molecule has 26 heavy (non-hydrogen) atoms. The largest absolute Gasteiger partial charge is 0.381 e. The fourth-order valence-electron chi connectivity index (χ4n) is 3.78. The maximum Gasteiger partial charge on any atom is 0.123 e. The number of benzene rings is 2. The quantitative estimate of drug-likeness (QED) is 0.617. The SMILES string of the molecule is CCOCC1(CCc2ccc(F)cc2)CCN(Cc2ccc(Cl)cc2)C1. The van der Waals surface area contributed by atoms with Crippen molar-refractivity contribution in [3.8, 4) is 0 Å². The van der Waals surface area contributed by atoms with Gasteiger partial charge in [-0.15, -0.1) is 0 Å². The molecule has 2 nitrogen and oxygen atoms in total. The molecule has 0 N–H and O–H groups in total. The van der Waals surface area contributed by atoms with Gasteiger partial charge in [-0.05, 0) is 68.1 Å². The van der Waals surface area contributed by atoms with Crippen LogP contribution in [0.5, 0.6) is 0 Å². The summed E-state index contributed by atoms with van der Waals surface area (Å²) in [5, 5.41) is 0.778. The Kier molecular flexibility index (Phi) is 6.68. The smallest absolute Gasteiger partial charge is 0.123 e. The normalized spacial score (nSPS) is 20.6. The maximum atomic E-state index is 13.1. The number of ether oxygens (including phenoxy) is 1. The molecule has 1 unspecified atom stereocenters. The van der Waals surface area contributed by atoms with Crippen LogP contribution in [0.3, 0.4) is 0 Å². The van der Waals surface area contributed by atoms with E-state index in [1.54, 1.807) is 12.1 Å². The van der Waals surface area contributed by atoms with Gasteiger partial charge in [0.2, 0.25) is 0 Å². The van der Waals surface area contributed by atoms with Gasteiger partial charge in [0, 0.05) is 30.1 Å². The lowest BCUT2D eigenvalue weighted by Gasteiger charge is -2.29. The molecule has 0 aromatic heterocycles. The van der Waals surface area contributed by atoms with Gasteiger partial charge in [-0.25, -0.2) is 4.39 Å². The molecule has 0 aliphatic carbocycles. The van der Waals surface area contributed by atoms with Gasteiger partial charge >= 0.3 is 0 Å². The molecule has 0 spiro atoms. The Hall–Kier alpha value is -1.42. The minimum atomic E-state index is -0.173. The zero-order valence-electron chi connectivity index (χ0n) is 15.4. The Bertz CT molecular complexity index is 688. The van der Waals surface area contributed by atoms with Crippen molar-refractivity contribution >= 4 is 11.6 Å². The number of hydrogen-bond acceptors (Lipinski definition) is 2. The fraction of sp³-hybridized carbons (Fsp3) is 0.455. The second kappa shape index (κ2) is 8.98. The highest BCUT2D eigenvalue weighted by Crippen LogP contribution is 2.36. The molecule has 4 heteroatoms. The molecule has 1 aliphatic rings. The van der Waals surface area contributed by atoms with Crippen LogP contribution in [0.1, 0.15) is 30.9 Å². The molecule has 1 fully saturated rings. The third kappa shape index (κ3) is 5.29. The van der Waals surface area contributed by atoms with Crippen molar-refractivity contribution in [1.82, 2.24) is 4.90 Å². The molecule has 2 aromatic rings. The average molecular weight is 376 g/mol. The first-order valence-corrected chi connectivity index (χ1v) is 9.75. The lowest BCUT2D eigenvalue weighted by atomic mass is 9.82. The van der Waals surface area contributed by atoms with Crippen molar-refractivity contribution in [1.29, 1.82) is 0 Å². The number of aryl methyl sites for hydroxylation is 1. The van der Waals surface area contributed by atoms with Gasteiger partial charge < -0.3 is 4.74 Å².